The summed E-state index contributed by atoms with van der Waals surface area (Å²) in [7, 11) is 4.64. The van der Waals surface area contributed by atoms with Gasteiger partial charge >= 0.3 is 0 Å². The summed E-state index contributed by atoms with van der Waals surface area (Å²) in [5, 5.41) is 3.12. The van der Waals surface area contributed by atoms with Crippen LogP contribution < -0.4 is 5.32 Å². The van der Waals surface area contributed by atoms with Gasteiger partial charge in [0.05, 0.1) is 33.4 Å². The second-order valence-electron chi connectivity index (χ2n) is 9.65. The van der Waals surface area contributed by atoms with E-state index in [0.717, 1.165) is 77.5 Å². The van der Waals surface area contributed by atoms with Gasteiger partial charge in [0.25, 0.3) is 0 Å². The van der Waals surface area contributed by atoms with Crippen LogP contribution in [0.25, 0.3) is 6.08 Å². The molecule has 1 aliphatic carbocycles. The lowest BCUT2D eigenvalue weighted by molar-refractivity contribution is -0.929. The number of hydrogen-bond donors (Lipinski definition) is 1. The lowest BCUT2D eigenvalue weighted by Gasteiger charge is -2.40. The van der Waals surface area contributed by atoms with Crippen molar-refractivity contribution in [2.24, 2.45) is 0 Å². The highest BCUT2D eigenvalue weighted by molar-refractivity contribution is 9.10. The molecule has 1 heterocycles. The SMILES string of the molecule is C[N+](C)(Cc1ccc(CNC(=O)C2=Cc3cc(Br)ccc3CCC2)cc1)C1CCOCC1. The van der Waals surface area contributed by atoms with Gasteiger partial charge in [-0.2, -0.15) is 0 Å². The van der Waals surface area contributed by atoms with Gasteiger partial charge in [0.2, 0.25) is 5.91 Å². The van der Waals surface area contributed by atoms with Gasteiger partial charge in [-0.05, 0) is 54.2 Å². The number of aryl methyl sites for hydroxylation is 1. The van der Waals surface area contributed by atoms with Gasteiger partial charge in [-0.1, -0.05) is 46.3 Å². The molecule has 0 bridgehead atoms. The third-order valence-corrected chi connectivity index (χ3v) is 7.36. The van der Waals surface area contributed by atoms with Crippen molar-refractivity contribution in [3.63, 3.8) is 0 Å². The highest BCUT2D eigenvalue weighted by Crippen LogP contribution is 2.26. The number of halogens is 1. The van der Waals surface area contributed by atoms with Crippen molar-refractivity contribution in [3.8, 4) is 0 Å². The minimum absolute atomic E-state index is 0.0409. The molecule has 4 rings (SSSR count). The Kier molecular flexibility index (Phi) is 7.49. The van der Waals surface area contributed by atoms with Gasteiger partial charge in [0.1, 0.15) is 6.54 Å². The molecule has 0 radical (unpaired) electrons. The number of fused-ring (bicyclic) bond motifs is 1. The van der Waals surface area contributed by atoms with Crippen molar-refractivity contribution in [2.75, 3.05) is 27.3 Å². The Morgan fingerprint density at radius 2 is 1.78 bits per heavy atom. The summed E-state index contributed by atoms with van der Waals surface area (Å²) in [5.74, 6) is 0.0409. The smallest absolute Gasteiger partial charge is 0.247 e. The first-order chi connectivity index (χ1) is 15.4. The van der Waals surface area contributed by atoms with Crippen LogP contribution in [0.15, 0.2) is 52.5 Å². The molecular weight excluding hydrogens is 464 g/mol. The number of benzene rings is 2. The quantitative estimate of drug-likeness (QED) is 0.554. The van der Waals surface area contributed by atoms with E-state index >= 15 is 0 Å². The number of carbonyl (C=O) groups excluding carboxylic acids is 1. The third kappa shape index (κ3) is 5.89. The molecule has 170 valence electrons. The van der Waals surface area contributed by atoms with Crippen LogP contribution in [-0.2, 0) is 29.0 Å². The van der Waals surface area contributed by atoms with Crippen LogP contribution in [0.4, 0.5) is 0 Å². The lowest BCUT2D eigenvalue weighted by atomic mass is 10.0. The summed E-state index contributed by atoms with van der Waals surface area (Å²) in [4.78, 5) is 12.8. The largest absolute Gasteiger partial charge is 0.381 e. The zero-order valence-electron chi connectivity index (χ0n) is 19.2. The zero-order valence-corrected chi connectivity index (χ0v) is 20.8. The van der Waals surface area contributed by atoms with E-state index in [0.29, 0.717) is 12.6 Å². The average Bonchev–Trinajstić information content (AvgIpc) is 3.01. The molecule has 1 aliphatic heterocycles. The normalized spacial score (nSPS) is 17.3. The van der Waals surface area contributed by atoms with E-state index in [9.17, 15) is 4.79 Å². The highest BCUT2D eigenvalue weighted by atomic mass is 79.9. The van der Waals surface area contributed by atoms with Crippen LogP contribution >= 0.6 is 15.9 Å². The van der Waals surface area contributed by atoms with Crippen molar-refractivity contribution in [1.29, 1.82) is 0 Å². The molecule has 1 fully saturated rings. The first-order valence-electron chi connectivity index (χ1n) is 11.7. The Morgan fingerprint density at radius 1 is 1.06 bits per heavy atom. The molecule has 5 heteroatoms. The average molecular weight is 498 g/mol. The molecule has 2 aliphatic rings. The van der Waals surface area contributed by atoms with Crippen LogP contribution in [0, 0.1) is 0 Å². The van der Waals surface area contributed by atoms with Crippen LogP contribution in [0.1, 0.15) is 47.9 Å². The van der Waals surface area contributed by atoms with Gasteiger partial charge in [0, 0.05) is 35.0 Å². The monoisotopic (exact) mass is 497 g/mol. The summed E-state index contributed by atoms with van der Waals surface area (Å²) in [6.07, 6.45) is 7.16. The topological polar surface area (TPSA) is 38.3 Å². The predicted molar refractivity (Wildman–Crippen MR) is 133 cm³/mol. The van der Waals surface area contributed by atoms with Crippen molar-refractivity contribution in [1.82, 2.24) is 5.32 Å². The molecule has 0 unspecified atom stereocenters. The van der Waals surface area contributed by atoms with E-state index in [4.69, 9.17) is 4.74 Å². The Hall–Kier alpha value is -1.95. The molecule has 2 aromatic carbocycles. The standard InChI is InChI=1S/C27H33BrN2O2/c1-30(2,26-12-14-32-15-13-26)19-21-8-6-20(7-9-21)18-29-27(31)23-5-3-4-22-10-11-25(28)17-24(22)16-23/h6-11,16-17,26H,3-5,12-15,18-19H2,1-2H3/p+1. The molecule has 1 amide bonds. The molecule has 4 nitrogen and oxygen atoms in total. The van der Waals surface area contributed by atoms with Gasteiger partial charge in [0.15, 0.2) is 0 Å². The van der Waals surface area contributed by atoms with E-state index < -0.39 is 0 Å². The van der Waals surface area contributed by atoms with Crippen molar-refractivity contribution in [2.45, 2.75) is 51.2 Å². The second kappa shape index (κ2) is 10.3. The number of amides is 1. The van der Waals surface area contributed by atoms with Crippen molar-refractivity contribution < 1.29 is 14.0 Å². The maximum Gasteiger partial charge on any atom is 0.247 e. The summed E-state index contributed by atoms with van der Waals surface area (Å²) >= 11 is 3.54. The van der Waals surface area contributed by atoms with Gasteiger partial charge in [-0.25, -0.2) is 0 Å². The van der Waals surface area contributed by atoms with E-state index in [1.165, 1.54) is 11.1 Å². The lowest BCUT2D eigenvalue weighted by Crippen LogP contribution is -2.50. The number of hydrogen-bond acceptors (Lipinski definition) is 2. The number of nitrogens with one attached hydrogen (secondary N) is 1. The van der Waals surface area contributed by atoms with Crippen LogP contribution in [0.2, 0.25) is 0 Å². The van der Waals surface area contributed by atoms with Gasteiger partial charge in [-0.15, -0.1) is 0 Å². The first kappa shape index (κ1) is 23.2. The zero-order chi connectivity index (χ0) is 22.6. The number of carbonyl (C=O) groups is 1. The van der Waals surface area contributed by atoms with Crippen LogP contribution in [-0.4, -0.2) is 43.7 Å². The molecule has 0 saturated carbocycles. The number of rotatable bonds is 6. The van der Waals surface area contributed by atoms with Crippen molar-refractivity contribution >= 4 is 27.9 Å². The highest BCUT2D eigenvalue weighted by Gasteiger charge is 2.30. The Bertz CT molecular complexity index is 976. The summed E-state index contributed by atoms with van der Waals surface area (Å²) in [6.45, 7) is 3.33. The number of quaternary nitrogens is 1. The predicted octanol–water partition coefficient (Wildman–Crippen LogP) is 5.24. The van der Waals surface area contributed by atoms with Crippen molar-refractivity contribution in [3.05, 3.63) is 74.8 Å². The summed E-state index contributed by atoms with van der Waals surface area (Å²) in [5.41, 5.74) is 5.81. The van der Waals surface area contributed by atoms with E-state index in [-0.39, 0.29) is 5.91 Å². The Labute approximate surface area is 200 Å². The molecule has 32 heavy (non-hydrogen) atoms. The molecule has 1 saturated heterocycles. The molecule has 0 aromatic heterocycles. The van der Waals surface area contributed by atoms with Crippen LogP contribution in [0.3, 0.4) is 0 Å². The maximum atomic E-state index is 12.8. The number of ether oxygens (including phenoxy) is 1. The fraction of sp³-hybridized carbons (Fsp3) is 0.444. The molecule has 2 aromatic rings. The van der Waals surface area contributed by atoms with E-state index in [1.54, 1.807) is 0 Å². The molecule has 1 N–H and O–H groups in total. The third-order valence-electron chi connectivity index (χ3n) is 6.87. The number of nitrogens with zero attached hydrogens (tertiary/aromatic N) is 1. The fourth-order valence-electron chi connectivity index (χ4n) is 4.88. The molecular formula is C27H34BrN2O2+. The maximum absolute atomic E-state index is 12.8. The van der Waals surface area contributed by atoms with Gasteiger partial charge < -0.3 is 14.5 Å². The fourth-order valence-corrected chi connectivity index (χ4v) is 5.26. The Morgan fingerprint density at radius 3 is 2.53 bits per heavy atom. The second-order valence-corrected chi connectivity index (χ2v) is 10.6. The first-order valence-corrected chi connectivity index (χ1v) is 12.5. The summed E-state index contributed by atoms with van der Waals surface area (Å²) < 4.78 is 7.57. The minimum atomic E-state index is 0.0409. The minimum Gasteiger partial charge on any atom is -0.381 e. The Balaban J connectivity index is 1.34. The van der Waals surface area contributed by atoms with Crippen LogP contribution in [0.5, 0.6) is 0 Å². The van der Waals surface area contributed by atoms with Gasteiger partial charge in [-0.3, -0.25) is 4.79 Å². The molecule has 0 spiro atoms. The summed E-state index contributed by atoms with van der Waals surface area (Å²) in [6, 6.07) is 15.7. The molecule has 0 atom stereocenters. The van der Waals surface area contributed by atoms with E-state index in [1.807, 2.05) is 0 Å². The van der Waals surface area contributed by atoms with E-state index in [2.05, 4.69) is 83.9 Å².